The largest absolute Gasteiger partial charge is 0.493 e. The van der Waals surface area contributed by atoms with E-state index in [1.165, 1.54) is 25.7 Å². The lowest BCUT2D eigenvalue weighted by atomic mass is 9.97. The summed E-state index contributed by atoms with van der Waals surface area (Å²) < 4.78 is 7.45. The Morgan fingerprint density at radius 1 is 1.45 bits per heavy atom. The number of ether oxygens (including phenoxy) is 1. The summed E-state index contributed by atoms with van der Waals surface area (Å²) in [6.07, 6.45) is 8.19. The summed E-state index contributed by atoms with van der Waals surface area (Å²) in [4.78, 5) is 2.15. The third kappa shape index (κ3) is 3.73. The first-order valence-corrected chi connectivity index (χ1v) is 7.61. The molecular weight excluding hydrogens is 252 g/mol. The molecule has 5 heteroatoms. The van der Waals surface area contributed by atoms with Crippen molar-refractivity contribution in [2.24, 2.45) is 11.7 Å². The number of hydrogen-bond acceptors (Lipinski definition) is 4. The van der Waals surface area contributed by atoms with Crippen LogP contribution in [-0.4, -0.2) is 42.4 Å². The summed E-state index contributed by atoms with van der Waals surface area (Å²) in [6.45, 7) is 1.80. The molecule has 0 bridgehead atoms. The molecule has 20 heavy (non-hydrogen) atoms. The Morgan fingerprint density at radius 2 is 2.15 bits per heavy atom. The van der Waals surface area contributed by atoms with Gasteiger partial charge in [0.1, 0.15) is 0 Å². The van der Waals surface area contributed by atoms with E-state index >= 15 is 0 Å². The minimum atomic E-state index is 0.0257. The molecule has 1 fully saturated rings. The molecule has 1 aromatic heterocycles. The summed E-state index contributed by atoms with van der Waals surface area (Å²) in [5.41, 5.74) is 7.51. The predicted octanol–water partition coefficient (Wildman–Crippen LogP) is 2.03. The fraction of sp³-hybridized carbons (Fsp3) is 0.800. The van der Waals surface area contributed by atoms with E-state index in [0.29, 0.717) is 0 Å². The average Bonchev–Trinajstić information content (AvgIpc) is 3.04. The molecule has 1 heterocycles. The first-order valence-electron chi connectivity index (χ1n) is 7.61. The summed E-state index contributed by atoms with van der Waals surface area (Å²) in [7, 11) is 5.83. The lowest BCUT2D eigenvalue weighted by Crippen LogP contribution is -2.24. The van der Waals surface area contributed by atoms with Crippen molar-refractivity contribution in [1.29, 1.82) is 0 Å². The molecular formula is C15H28N4O. The Morgan fingerprint density at radius 3 is 2.75 bits per heavy atom. The smallest absolute Gasteiger partial charge is 0.161 e. The fourth-order valence-corrected chi connectivity index (χ4v) is 3.10. The first kappa shape index (κ1) is 15.3. The Kier molecular flexibility index (Phi) is 5.43. The van der Waals surface area contributed by atoms with Gasteiger partial charge in [0.25, 0.3) is 0 Å². The molecule has 0 radical (unpaired) electrons. The molecule has 5 nitrogen and oxygen atoms in total. The monoisotopic (exact) mass is 280 g/mol. The second kappa shape index (κ2) is 7.09. The molecule has 0 aliphatic heterocycles. The number of rotatable bonds is 7. The maximum atomic E-state index is 6.45. The van der Waals surface area contributed by atoms with Crippen molar-refractivity contribution in [3.63, 3.8) is 0 Å². The fourth-order valence-electron chi connectivity index (χ4n) is 3.10. The van der Waals surface area contributed by atoms with Crippen molar-refractivity contribution < 1.29 is 4.74 Å². The maximum absolute atomic E-state index is 6.45. The second-order valence-corrected chi connectivity index (χ2v) is 6.12. The van der Waals surface area contributed by atoms with Crippen LogP contribution in [0, 0.1) is 5.92 Å². The van der Waals surface area contributed by atoms with E-state index in [1.807, 2.05) is 4.68 Å². The zero-order valence-electron chi connectivity index (χ0n) is 13.0. The van der Waals surface area contributed by atoms with Crippen molar-refractivity contribution in [3.05, 3.63) is 11.9 Å². The Hall–Kier alpha value is -1.07. The van der Waals surface area contributed by atoms with Crippen LogP contribution in [0.25, 0.3) is 0 Å². The van der Waals surface area contributed by atoms with Crippen molar-refractivity contribution in [2.45, 2.75) is 44.7 Å². The number of nitrogens with zero attached hydrogens (tertiary/aromatic N) is 3. The topological polar surface area (TPSA) is 56.3 Å². The van der Waals surface area contributed by atoms with Crippen LogP contribution in [0.1, 0.15) is 43.8 Å². The lowest BCUT2D eigenvalue weighted by Gasteiger charge is -2.20. The molecule has 1 aliphatic rings. The molecule has 1 aromatic rings. The molecule has 1 atom stereocenters. The van der Waals surface area contributed by atoms with E-state index in [-0.39, 0.29) is 6.04 Å². The molecule has 1 unspecified atom stereocenters. The number of methoxy groups -OCH3 is 1. The van der Waals surface area contributed by atoms with E-state index < -0.39 is 0 Å². The highest BCUT2D eigenvalue weighted by Gasteiger charge is 2.24. The molecule has 1 saturated carbocycles. The molecule has 0 spiro atoms. The number of likely N-dealkylation sites (N-methyl/N-ethyl adjacent to an activating group) is 1. The first-order chi connectivity index (χ1) is 9.61. The van der Waals surface area contributed by atoms with Crippen LogP contribution in [0.5, 0.6) is 5.75 Å². The number of hydrogen-bond donors (Lipinski definition) is 1. The van der Waals surface area contributed by atoms with Crippen LogP contribution in [0.15, 0.2) is 6.20 Å². The SMILES string of the molecule is COc1cnn(CCN(C)C)c1C(N)CC1CCCC1. The normalized spacial score (nSPS) is 17.9. The van der Waals surface area contributed by atoms with Gasteiger partial charge in [-0.25, -0.2) is 0 Å². The average molecular weight is 280 g/mol. The minimum Gasteiger partial charge on any atom is -0.493 e. The van der Waals surface area contributed by atoms with Gasteiger partial charge in [-0.1, -0.05) is 25.7 Å². The Bertz CT molecular complexity index is 410. The van der Waals surface area contributed by atoms with Gasteiger partial charge in [-0.15, -0.1) is 0 Å². The van der Waals surface area contributed by atoms with Gasteiger partial charge in [-0.3, -0.25) is 4.68 Å². The van der Waals surface area contributed by atoms with Crippen LogP contribution in [0.4, 0.5) is 0 Å². The molecule has 114 valence electrons. The molecule has 1 aliphatic carbocycles. The molecule has 2 N–H and O–H groups in total. The van der Waals surface area contributed by atoms with Crippen LogP contribution in [-0.2, 0) is 6.54 Å². The van der Waals surface area contributed by atoms with Crippen LogP contribution >= 0.6 is 0 Å². The van der Waals surface area contributed by atoms with Gasteiger partial charge < -0.3 is 15.4 Å². The van der Waals surface area contributed by atoms with Crippen molar-refractivity contribution in [2.75, 3.05) is 27.7 Å². The van der Waals surface area contributed by atoms with Gasteiger partial charge in [-0.05, 0) is 26.4 Å². The lowest BCUT2D eigenvalue weighted by molar-refractivity contribution is 0.351. The maximum Gasteiger partial charge on any atom is 0.161 e. The van der Waals surface area contributed by atoms with Crippen molar-refractivity contribution in [3.8, 4) is 5.75 Å². The van der Waals surface area contributed by atoms with Crippen molar-refractivity contribution in [1.82, 2.24) is 14.7 Å². The van der Waals surface area contributed by atoms with Gasteiger partial charge in [0.2, 0.25) is 0 Å². The highest BCUT2D eigenvalue weighted by molar-refractivity contribution is 5.28. The third-order valence-electron chi connectivity index (χ3n) is 4.24. The third-order valence-corrected chi connectivity index (χ3v) is 4.24. The van der Waals surface area contributed by atoms with Gasteiger partial charge in [0, 0.05) is 6.54 Å². The second-order valence-electron chi connectivity index (χ2n) is 6.12. The van der Waals surface area contributed by atoms with E-state index in [1.54, 1.807) is 13.3 Å². The Balaban J connectivity index is 2.07. The summed E-state index contributed by atoms with van der Waals surface area (Å²) in [5.74, 6) is 1.60. The van der Waals surface area contributed by atoms with E-state index in [0.717, 1.165) is 36.9 Å². The summed E-state index contributed by atoms with van der Waals surface area (Å²) >= 11 is 0. The summed E-state index contributed by atoms with van der Waals surface area (Å²) in [6, 6.07) is 0.0257. The zero-order chi connectivity index (χ0) is 14.5. The van der Waals surface area contributed by atoms with Gasteiger partial charge in [0.05, 0.1) is 31.6 Å². The molecule has 0 saturated heterocycles. The van der Waals surface area contributed by atoms with E-state index in [2.05, 4.69) is 24.1 Å². The molecule has 0 amide bonds. The zero-order valence-corrected chi connectivity index (χ0v) is 13.0. The Labute approximate surface area is 122 Å². The highest BCUT2D eigenvalue weighted by Crippen LogP contribution is 2.34. The predicted molar refractivity (Wildman–Crippen MR) is 80.8 cm³/mol. The minimum absolute atomic E-state index is 0.0257. The van der Waals surface area contributed by atoms with Crippen LogP contribution < -0.4 is 10.5 Å². The molecule has 2 rings (SSSR count). The van der Waals surface area contributed by atoms with E-state index in [9.17, 15) is 0 Å². The molecule has 0 aromatic carbocycles. The van der Waals surface area contributed by atoms with Gasteiger partial charge >= 0.3 is 0 Å². The quantitative estimate of drug-likeness (QED) is 0.830. The van der Waals surface area contributed by atoms with Crippen LogP contribution in [0.3, 0.4) is 0 Å². The van der Waals surface area contributed by atoms with Gasteiger partial charge in [0.15, 0.2) is 5.75 Å². The summed E-state index contributed by atoms with van der Waals surface area (Å²) in [5, 5.41) is 4.44. The standard InChI is InChI=1S/C15H28N4O/c1-18(2)8-9-19-15(14(20-3)11-17-19)13(16)10-12-6-4-5-7-12/h11-13H,4-10,16H2,1-3H3. The van der Waals surface area contributed by atoms with E-state index in [4.69, 9.17) is 10.5 Å². The van der Waals surface area contributed by atoms with Crippen LogP contribution in [0.2, 0.25) is 0 Å². The van der Waals surface area contributed by atoms with Crippen molar-refractivity contribution >= 4 is 0 Å². The number of nitrogens with two attached hydrogens (primary N) is 1. The highest BCUT2D eigenvalue weighted by atomic mass is 16.5. The number of aromatic nitrogens is 2. The van der Waals surface area contributed by atoms with Gasteiger partial charge in [-0.2, -0.15) is 5.10 Å².